The van der Waals surface area contributed by atoms with Gasteiger partial charge in [0.1, 0.15) is 0 Å². The first-order valence-corrected chi connectivity index (χ1v) is 6.85. The van der Waals surface area contributed by atoms with E-state index in [1.165, 1.54) is 0 Å². The fourth-order valence-corrected chi connectivity index (χ4v) is 2.37. The summed E-state index contributed by atoms with van der Waals surface area (Å²) in [5.41, 5.74) is 1.02. The summed E-state index contributed by atoms with van der Waals surface area (Å²) in [4.78, 5) is 26.5. The zero-order valence-corrected chi connectivity index (χ0v) is 11.9. The van der Waals surface area contributed by atoms with Crippen LogP contribution in [0.5, 0.6) is 0 Å². The fourth-order valence-electron chi connectivity index (χ4n) is 2.37. The van der Waals surface area contributed by atoms with Crippen molar-refractivity contribution in [2.75, 3.05) is 11.4 Å². The average molecular weight is 259 g/mol. The van der Waals surface area contributed by atoms with E-state index in [0.717, 1.165) is 18.5 Å². The number of carbonyl (C=O) groups is 2. The molecule has 3 nitrogen and oxygen atoms in total. The number of nitrogens with zero attached hydrogens (tertiary/aromatic N) is 1. The van der Waals surface area contributed by atoms with Gasteiger partial charge in [-0.05, 0) is 25.0 Å². The zero-order chi connectivity index (χ0) is 14.0. The summed E-state index contributed by atoms with van der Waals surface area (Å²) in [6.07, 6.45) is 2.30. The second-order valence-corrected chi connectivity index (χ2v) is 6.10. The molecule has 0 spiro atoms. The number of hydrogen-bond donors (Lipinski definition) is 0. The van der Waals surface area contributed by atoms with E-state index in [1.54, 1.807) is 4.90 Å². The summed E-state index contributed by atoms with van der Waals surface area (Å²) < 4.78 is 0. The molecule has 3 heteroatoms. The molecule has 0 N–H and O–H groups in total. The number of carbonyl (C=O) groups excluding carboxylic acids is 2. The second kappa shape index (κ2) is 5.16. The molecule has 0 bridgehead atoms. The maximum Gasteiger partial charge on any atom is 0.232 e. The van der Waals surface area contributed by atoms with E-state index in [4.69, 9.17) is 0 Å². The van der Waals surface area contributed by atoms with E-state index in [1.807, 2.05) is 45.0 Å². The Kier molecular flexibility index (Phi) is 3.74. The molecule has 0 fully saturated rings. The topological polar surface area (TPSA) is 37.4 Å². The van der Waals surface area contributed by atoms with Crippen LogP contribution in [0.3, 0.4) is 0 Å². The molecule has 2 rings (SSSR count). The summed E-state index contributed by atoms with van der Waals surface area (Å²) in [5, 5.41) is 0. The SMILES string of the molecule is CC(C)(C)C(=O)N1CCCCC(=O)c2ccccc21. The van der Waals surface area contributed by atoms with Crippen molar-refractivity contribution in [1.29, 1.82) is 0 Å². The zero-order valence-electron chi connectivity index (χ0n) is 11.9. The smallest absolute Gasteiger partial charge is 0.232 e. The Hall–Kier alpha value is -1.64. The number of amides is 1. The van der Waals surface area contributed by atoms with Gasteiger partial charge in [-0.1, -0.05) is 32.9 Å². The van der Waals surface area contributed by atoms with Crippen molar-refractivity contribution < 1.29 is 9.59 Å². The normalized spacial score (nSPS) is 16.6. The molecule has 0 radical (unpaired) electrons. The molecular weight excluding hydrogens is 238 g/mol. The maximum absolute atomic E-state index is 12.6. The van der Waals surface area contributed by atoms with Gasteiger partial charge in [0.05, 0.1) is 5.69 Å². The van der Waals surface area contributed by atoms with Crippen LogP contribution in [0.25, 0.3) is 0 Å². The van der Waals surface area contributed by atoms with E-state index in [2.05, 4.69) is 0 Å². The lowest BCUT2D eigenvalue weighted by atomic mass is 9.92. The second-order valence-electron chi connectivity index (χ2n) is 6.10. The third-order valence-corrected chi connectivity index (χ3v) is 3.42. The van der Waals surface area contributed by atoms with Crippen molar-refractivity contribution in [2.45, 2.75) is 40.0 Å². The largest absolute Gasteiger partial charge is 0.311 e. The molecule has 0 atom stereocenters. The van der Waals surface area contributed by atoms with Gasteiger partial charge < -0.3 is 4.90 Å². The van der Waals surface area contributed by atoms with Crippen LogP contribution in [-0.2, 0) is 4.79 Å². The van der Waals surface area contributed by atoms with Crippen LogP contribution in [-0.4, -0.2) is 18.2 Å². The maximum atomic E-state index is 12.6. The number of anilines is 1. The molecule has 1 amide bonds. The molecule has 1 aromatic carbocycles. The first-order chi connectivity index (χ1) is 8.91. The number of rotatable bonds is 0. The highest BCUT2D eigenvalue weighted by molar-refractivity contribution is 6.07. The predicted octanol–water partition coefficient (Wildman–Crippen LogP) is 3.43. The lowest BCUT2D eigenvalue weighted by Gasteiger charge is -2.32. The Balaban J connectivity index is 2.47. The van der Waals surface area contributed by atoms with Crippen LogP contribution in [0.15, 0.2) is 24.3 Å². The number of Topliss-reactive ketones (excluding diaryl/α,β-unsaturated/α-hetero) is 1. The predicted molar refractivity (Wildman–Crippen MR) is 76.4 cm³/mol. The van der Waals surface area contributed by atoms with Crippen molar-refractivity contribution in [3.63, 3.8) is 0 Å². The number of ketones is 1. The van der Waals surface area contributed by atoms with E-state index >= 15 is 0 Å². The van der Waals surface area contributed by atoms with E-state index in [-0.39, 0.29) is 11.7 Å². The van der Waals surface area contributed by atoms with Gasteiger partial charge in [-0.2, -0.15) is 0 Å². The Labute approximate surface area is 114 Å². The monoisotopic (exact) mass is 259 g/mol. The number of fused-ring (bicyclic) bond motifs is 1. The van der Waals surface area contributed by atoms with Gasteiger partial charge in [0.25, 0.3) is 0 Å². The molecule has 0 aromatic heterocycles. The van der Waals surface area contributed by atoms with Crippen LogP contribution < -0.4 is 4.90 Å². The highest BCUT2D eigenvalue weighted by Gasteiger charge is 2.30. The quantitative estimate of drug-likeness (QED) is 0.715. The summed E-state index contributed by atoms with van der Waals surface area (Å²) in [5.74, 6) is 0.219. The molecule has 1 aromatic rings. The van der Waals surface area contributed by atoms with E-state index < -0.39 is 5.41 Å². The molecule has 1 aliphatic heterocycles. The number of para-hydroxylation sites is 1. The van der Waals surface area contributed by atoms with Crippen molar-refractivity contribution in [1.82, 2.24) is 0 Å². The minimum absolute atomic E-state index is 0.0784. The Bertz CT molecular complexity index is 500. The highest BCUT2D eigenvalue weighted by atomic mass is 16.2. The van der Waals surface area contributed by atoms with Crippen molar-refractivity contribution in [3.05, 3.63) is 29.8 Å². The van der Waals surface area contributed by atoms with Gasteiger partial charge >= 0.3 is 0 Å². The molecule has 1 aliphatic rings. The van der Waals surface area contributed by atoms with Crippen molar-refractivity contribution >= 4 is 17.4 Å². The molecule has 0 saturated heterocycles. The lowest BCUT2D eigenvalue weighted by Crippen LogP contribution is -2.41. The van der Waals surface area contributed by atoms with Crippen molar-refractivity contribution in [2.24, 2.45) is 5.41 Å². The number of hydrogen-bond acceptors (Lipinski definition) is 2. The first kappa shape index (κ1) is 13.8. The Morgan fingerprint density at radius 1 is 1.16 bits per heavy atom. The first-order valence-electron chi connectivity index (χ1n) is 6.85. The summed E-state index contributed by atoms with van der Waals surface area (Å²) in [6.45, 7) is 6.44. The van der Waals surface area contributed by atoms with Crippen molar-refractivity contribution in [3.8, 4) is 0 Å². The molecule has 102 valence electrons. The summed E-state index contributed by atoms with van der Waals surface area (Å²) in [7, 11) is 0. The minimum Gasteiger partial charge on any atom is -0.311 e. The standard InChI is InChI=1S/C16H21NO2/c1-16(2,3)15(19)17-11-7-6-10-14(18)12-8-4-5-9-13(12)17/h4-5,8-9H,6-7,10-11H2,1-3H3. The van der Waals surface area contributed by atoms with Gasteiger partial charge in [0, 0.05) is 23.9 Å². The van der Waals surface area contributed by atoms with Gasteiger partial charge in [-0.3, -0.25) is 9.59 Å². The fraction of sp³-hybridized carbons (Fsp3) is 0.500. The third kappa shape index (κ3) is 2.86. The highest BCUT2D eigenvalue weighted by Crippen LogP contribution is 2.29. The van der Waals surface area contributed by atoms with Gasteiger partial charge in [-0.15, -0.1) is 0 Å². The van der Waals surface area contributed by atoms with Gasteiger partial charge in [0.15, 0.2) is 5.78 Å². The van der Waals surface area contributed by atoms with E-state index in [0.29, 0.717) is 18.5 Å². The lowest BCUT2D eigenvalue weighted by molar-refractivity contribution is -0.125. The third-order valence-electron chi connectivity index (χ3n) is 3.42. The van der Waals surface area contributed by atoms with Crippen LogP contribution >= 0.6 is 0 Å². The minimum atomic E-state index is -0.435. The van der Waals surface area contributed by atoms with E-state index in [9.17, 15) is 9.59 Å². The summed E-state index contributed by atoms with van der Waals surface area (Å²) in [6, 6.07) is 7.45. The molecule has 0 saturated carbocycles. The van der Waals surface area contributed by atoms with Gasteiger partial charge in [0.2, 0.25) is 5.91 Å². The molecular formula is C16H21NO2. The van der Waals surface area contributed by atoms with Gasteiger partial charge in [-0.25, -0.2) is 0 Å². The van der Waals surface area contributed by atoms with Crippen LogP contribution in [0.2, 0.25) is 0 Å². The Morgan fingerprint density at radius 2 is 1.84 bits per heavy atom. The van der Waals surface area contributed by atoms with Crippen LogP contribution in [0, 0.1) is 5.41 Å². The van der Waals surface area contributed by atoms with Crippen LogP contribution in [0.1, 0.15) is 50.4 Å². The molecule has 0 aliphatic carbocycles. The summed E-state index contributed by atoms with van der Waals surface area (Å²) >= 11 is 0. The molecule has 1 heterocycles. The Morgan fingerprint density at radius 3 is 2.53 bits per heavy atom. The molecule has 0 unspecified atom stereocenters. The average Bonchev–Trinajstić information content (AvgIpc) is 2.35. The molecule has 19 heavy (non-hydrogen) atoms. The van der Waals surface area contributed by atoms with Crippen LogP contribution in [0.4, 0.5) is 5.69 Å². The number of benzene rings is 1.